The number of rotatable bonds is 3. The largest absolute Gasteiger partial charge is 0.486 e. The summed E-state index contributed by atoms with van der Waals surface area (Å²) in [4.78, 5) is 4.11. The van der Waals surface area contributed by atoms with E-state index in [1.807, 2.05) is 18.2 Å². The predicted molar refractivity (Wildman–Crippen MR) is 84.4 cm³/mol. The van der Waals surface area contributed by atoms with Crippen molar-refractivity contribution in [1.82, 2.24) is 20.4 Å². The van der Waals surface area contributed by atoms with E-state index in [4.69, 9.17) is 10.5 Å². The Bertz CT molecular complexity index is 963. The van der Waals surface area contributed by atoms with Gasteiger partial charge < -0.3 is 10.5 Å². The monoisotopic (exact) mass is 291 g/mol. The Morgan fingerprint density at radius 2 is 1.91 bits per heavy atom. The molecule has 4 rings (SSSR count). The molecule has 6 heteroatoms. The van der Waals surface area contributed by atoms with Crippen molar-refractivity contribution in [3.05, 3.63) is 54.1 Å². The van der Waals surface area contributed by atoms with E-state index >= 15 is 0 Å². The number of nitrogens with zero attached hydrogens (tertiary/aromatic N) is 3. The number of pyridine rings is 1. The summed E-state index contributed by atoms with van der Waals surface area (Å²) < 4.78 is 5.85. The number of aromatic nitrogens is 4. The Kier molecular flexibility index (Phi) is 2.86. The molecule has 3 N–H and O–H groups in total. The van der Waals surface area contributed by atoms with Crippen molar-refractivity contribution in [1.29, 1.82) is 0 Å². The second kappa shape index (κ2) is 5.00. The lowest BCUT2D eigenvalue weighted by molar-refractivity contribution is 0.309. The zero-order valence-electron chi connectivity index (χ0n) is 11.7. The van der Waals surface area contributed by atoms with Gasteiger partial charge in [0.05, 0.1) is 0 Å². The third-order valence-electron chi connectivity index (χ3n) is 3.49. The van der Waals surface area contributed by atoms with Crippen LogP contribution in [0.15, 0.2) is 48.5 Å². The molecule has 108 valence electrons. The van der Waals surface area contributed by atoms with Gasteiger partial charge in [-0.25, -0.2) is 10.1 Å². The first-order chi connectivity index (χ1) is 10.8. The molecule has 0 fully saturated rings. The fourth-order valence-electron chi connectivity index (χ4n) is 2.43. The average Bonchev–Trinajstić information content (AvgIpc) is 3.00. The van der Waals surface area contributed by atoms with E-state index in [1.54, 1.807) is 6.07 Å². The zero-order valence-corrected chi connectivity index (χ0v) is 11.7. The van der Waals surface area contributed by atoms with Gasteiger partial charge in [0.15, 0.2) is 16.9 Å². The summed E-state index contributed by atoms with van der Waals surface area (Å²) in [6.45, 7) is 0.427. The molecule has 0 amide bonds. The number of hydrogen-bond acceptors (Lipinski definition) is 5. The summed E-state index contributed by atoms with van der Waals surface area (Å²) in [5, 5.41) is 12.8. The van der Waals surface area contributed by atoms with Crippen LogP contribution < -0.4 is 10.5 Å². The Labute approximate surface area is 125 Å². The van der Waals surface area contributed by atoms with Gasteiger partial charge in [-0.05, 0) is 22.4 Å². The molecule has 0 unspecified atom stereocenters. The molecule has 0 aliphatic carbocycles. The fraction of sp³-hybridized carbons (Fsp3) is 0.0625. The first kappa shape index (κ1) is 12.6. The molecule has 0 saturated carbocycles. The number of ether oxygens (including phenoxy) is 1. The van der Waals surface area contributed by atoms with E-state index in [2.05, 4.69) is 44.7 Å². The predicted octanol–water partition coefficient (Wildman–Crippen LogP) is 2.67. The second-order valence-corrected chi connectivity index (χ2v) is 5.02. The molecular weight excluding hydrogens is 278 g/mol. The molecule has 0 aliphatic rings. The van der Waals surface area contributed by atoms with E-state index in [-0.39, 0.29) is 0 Å². The van der Waals surface area contributed by atoms with Crippen molar-refractivity contribution >= 4 is 27.8 Å². The number of anilines is 1. The summed E-state index contributed by atoms with van der Waals surface area (Å²) in [5.41, 5.74) is 7.94. The van der Waals surface area contributed by atoms with E-state index < -0.39 is 0 Å². The van der Waals surface area contributed by atoms with Gasteiger partial charge in [0.1, 0.15) is 12.4 Å². The topological polar surface area (TPSA) is 89.7 Å². The van der Waals surface area contributed by atoms with Crippen molar-refractivity contribution in [2.45, 2.75) is 6.61 Å². The zero-order chi connectivity index (χ0) is 14.9. The molecule has 4 aromatic rings. The standard InChI is InChI=1S/C16H13N5O/c17-14-8-13(15-16(18-14)20-21-19-15)22-9-10-5-6-11-3-1-2-4-12(11)7-10/h1-8H,9H2,(H3,17,18,19,20,21). The van der Waals surface area contributed by atoms with Crippen LogP contribution in [0, 0.1) is 0 Å². The van der Waals surface area contributed by atoms with Crippen molar-refractivity contribution in [2.24, 2.45) is 0 Å². The third-order valence-corrected chi connectivity index (χ3v) is 3.49. The highest BCUT2D eigenvalue weighted by Gasteiger charge is 2.09. The number of hydrogen-bond donors (Lipinski definition) is 2. The maximum atomic E-state index is 5.85. The molecule has 6 nitrogen and oxygen atoms in total. The summed E-state index contributed by atoms with van der Waals surface area (Å²) in [5.74, 6) is 0.941. The van der Waals surface area contributed by atoms with Gasteiger partial charge in [0, 0.05) is 6.07 Å². The molecule has 2 heterocycles. The molecule has 0 radical (unpaired) electrons. The molecular formula is C16H13N5O. The molecule has 0 bridgehead atoms. The number of benzene rings is 2. The normalized spacial score (nSPS) is 11.1. The first-order valence-corrected chi connectivity index (χ1v) is 6.87. The molecule has 0 spiro atoms. The highest BCUT2D eigenvalue weighted by Crippen LogP contribution is 2.24. The van der Waals surface area contributed by atoms with Crippen LogP contribution in [0.5, 0.6) is 5.75 Å². The van der Waals surface area contributed by atoms with Gasteiger partial charge in [-0.15, -0.1) is 5.10 Å². The van der Waals surface area contributed by atoms with Crippen molar-refractivity contribution < 1.29 is 4.74 Å². The van der Waals surface area contributed by atoms with Crippen LogP contribution in [0.3, 0.4) is 0 Å². The van der Waals surface area contributed by atoms with Gasteiger partial charge in [-0.1, -0.05) is 41.6 Å². The Morgan fingerprint density at radius 1 is 1.05 bits per heavy atom. The minimum absolute atomic E-state index is 0.368. The highest BCUT2D eigenvalue weighted by atomic mass is 16.5. The van der Waals surface area contributed by atoms with Crippen LogP contribution in [-0.4, -0.2) is 20.4 Å². The van der Waals surface area contributed by atoms with Crippen LogP contribution in [-0.2, 0) is 6.61 Å². The van der Waals surface area contributed by atoms with E-state index in [9.17, 15) is 0 Å². The van der Waals surface area contributed by atoms with Crippen LogP contribution in [0.2, 0.25) is 0 Å². The number of nitrogen functional groups attached to an aromatic ring is 1. The lowest BCUT2D eigenvalue weighted by atomic mass is 10.1. The Hall–Kier alpha value is -3.15. The number of nitrogens with one attached hydrogen (secondary N) is 1. The smallest absolute Gasteiger partial charge is 0.181 e. The third kappa shape index (κ3) is 2.20. The second-order valence-electron chi connectivity index (χ2n) is 5.02. The molecule has 0 atom stereocenters. The lowest BCUT2D eigenvalue weighted by Gasteiger charge is -2.08. The summed E-state index contributed by atoms with van der Waals surface area (Å²) in [7, 11) is 0. The summed E-state index contributed by atoms with van der Waals surface area (Å²) in [6, 6.07) is 16.1. The summed E-state index contributed by atoms with van der Waals surface area (Å²) >= 11 is 0. The van der Waals surface area contributed by atoms with Gasteiger partial charge in [-0.2, -0.15) is 0 Å². The molecule has 2 aromatic heterocycles. The number of H-pyrrole nitrogens is 1. The Balaban J connectivity index is 1.63. The first-order valence-electron chi connectivity index (χ1n) is 6.87. The van der Waals surface area contributed by atoms with Gasteiger partial charge >= 0.3 is 0 Å². The molecule has 0 saturated heterocycles. The van der Waals surface area contributed by atoms with Gasteiger partial charge in [0.25, 0.3) is 0 Å². The van der Waals surface area contributed by atoms with Crippen LogP contribution in [0.1, 0.15) is 5.56 Å². The fourth-order valence-corrected chi connectivity index (χ4v) is 2.43. The number of fused-ring (bicyclic) bond motifs is 2. The molecule has 2 aromatic carbocycles. The van der Waals surface area contributed by atoms with E-state index in [0.29, 0.717) is 29.3 Å². The minimum Gasteiger partial charge on any atom is -0.486 e. The lowest BCUT2D eigenvalue weighted by Crippen LogP contribution is -1.99. The van der Waals surface area contributed by atoms with Gasteiger partial charge in [0.2, 0.25) is 0 Å². The summed E-state index contributed by atoms with van der Waals surface area (Å²) in [6.07, 6.45) is 0. The molecule has 22 heavy (non-hydrogen) atoms. The maximum absolute atomic E-state index is 5.85. The van der Waals surface area contributed by atoms with E-state index in [1.165, 1.54) is 10.8 Å². The van der Waals surface area contributed by atoms with Crippen molar-refractivity contribution in [3.8, 4) is 5.75 Å². The maximum Gasteiger partial charge on any atom is 0.181 e. The molecule has 0 aliphatic heterocycles. The SMILES string of the molecule is Nc1cc(OCc2ccc3ccccc3c2)c2nn[nH]c2n1. The van der Waals surface area contributed by atoms with Crippen LogP contribution in [0.25, 0.3) is 21.9 Å². The number of aromatic amines is 1. The van der Waals surface area contributed by atoms with Crippen molar-refractivity contribution in [2.75, 3.05) is 5.73 Å². The quantitative estimate of drug-likeness (QED) is 0.605. The van der Waals surface area contributed by atoms with Crippen LogP contribution in [0.4, 0.5) is 5.82 Å². The minimum atomic E-state index is 0.368. The van der Waals surface area contributed by atoms with Gasteiger partial charge in [-0.3, -0.25) is 0 Å². The van der Waals surface area contributed by atoms with Crippen LogP contribution >= 0.6 is 0 Å². The van der Waals surface area contributed by atoms with Crippen molar-refractivity contribution in [3.63, 3.8) is 0 Å². The Morgan fingerprint density at radius 3 is 2.82 bits per heavy atom. The number of nitrogens with two attached hydrogens (primary N) is 1. The van der Waals surface area contributed by atoms with E-state index in [0.717, 1.165) is 5.56 Å². The average molecular weight is 291 g/mol. The highest BCUT2D eigenvalue weighted by molar-refractivity contribution is 5.83.